The standard InChI is InChI=1S/C17H22N2O5/c1-10(2)9-18-16(21)11(3)23-15(20)8-14-17(22)19-12-6-4-5-7-13(12)24-14/h4-7,10-11,14H,8-9H2,1-3H3,(H,18,21)(H,19,22)/t11-,14-/m1/s1. The Balaban J connectivity index is 1.86. The van der Waals surface area contributed by atoms with Gasteiger partial charge in [0.15, 0.2) is 12.2 Å². The van der Waals surface area contributed by atoms with Gasteiger partial charge in [-0.2, -0.15) is 0 Å². The van der Waals surface area contributed by atoms with E-state index in [9.17, 15) is 14.4 Å². The Hall–Kier alpha value is -2.57. The van der Waals surface area contributed by atoms with Crippen LogP contribution in [0.5, 0.6) is 5.75 Å². The molecule has 1 heterocycles. The lowest BCUT2D eigenvalue weighted by atomic mass is 10.1. The van der Waals surface area contributed by atoms with E-state index < -0.39 is 24.1 Å². The number of benzene rings is 1. The molecule has 0 saturated heterocycles. The van der Waals surface area contributed by atoms with E-state index in [1.165, 1.54) is 6.92 Å². The van der Waals surface area contributed by atoms with Crippen molar-refractivity contribution in [3.05, 3.63) is 24.3 Å². The van der Waals surface area contributed by atoms with Crippen LogP contribution in [0.25, 0.3) is 0 Å². The van der Waals surface area contributed by atoms with Crippen LogP contribution < -0.4 is 15.4 Å². The monoisotopic (exact) mass is 334 g/mol. The molecule has 0 bridgehead atoms. The summed E-state index contributed by atoms with van der Waals surface area (Å²) >= 11 is 0. The number of hydrogen-bond donors (Lipinski definition) is 2. The van der Waals surface area contributed by atoms with E-state index in [-0.39, 0.29) is 12.3 Å². The van der Waals surface area contributed by atoms with Gasteiger partial charge in [-0.05, 0) is 25.0 Å². The fourth-order valence-electron chi connectivity index (χ4n) is 2.13. The largest absolute Gasteiger partial charge is 0.478 e. The van der Waals surface area contributed by atoms with Crippen molar-refractivity contribution in [3.63, 3.8) is 0 Å². The van der Waals surface area contributed by atoms with E-state index in [4.69, 9.17) is 9.47 Å². The molecular weight excluding hydrogens is 312 g/mol. The Bertz CT molecular complexity index is 629. The van der Waals surface area contributed by atoms with Gasteiger partial charge in [-0.25, -0.2) is 0 Å². The second-order valence-electron chi connectivity index (χ2n) is 6.07. The molecular formula is C17H22N2O5. The molecule has 0 unspecified atom stereocenters. The van der Waals surface area contributed by atoms with Crippen LogP contribution in [-0.4, -0.2) is 36.5 Å². The minimum Gasteiger partial charge on any atom is -0.478 e. The highest BCUT2D eigenvalue weighted by molar-refractivity contribution is 5.99. The number of fused-ring (bicyclic) bond motifs is 1. The Morgan fingerprint density at radius 3 is 2.71 bits per heavy atom. The van der Waals surface area contributed by atoms with Crippen LogP contribution in [0.15, 0.2) is 24.3 Å². The van der Waals surface area contributed by atoms with E-state index in [1.807, 2.05) is 13.8 Å². The number of rotatable bonds is 6. The first-order valence-corrected chi connectivity index (χ1v) is 7.90. The van der Waals surface area contributed by atoms with E-state index in [2.05, 4.69) is 10.6 Å². The number of carbonyl (C=O) groups is 3. The highest BCUT2D eigenvalue weighted by Crippen LogP contribution is 2.29. The average Bonchev–Trinajstić information content (AvgIpc) is 2.53. The minimum absolute atomic E-state index is 0.262. The third-order valence-corrected chi connectivity index (χ3v) is 3.42. The van der Waals surface area contributed by atoms with E-state index in [0.717, 1.165) is 0 Å². The fraction of sp³-hybridized carbons (Fsp3) is 0.471. The molecule has 7 heteroatoms. The number of esters is 1. The predicted molar refractivity (Wildman–Crippen MR) is 87.5 cm³/mol. The maximum Gasteiger partial charge on any atom is 0.310 e. The van der Waals surface area contributed by atoms with Crippen molar-refractivity contribution in [2.75, 3.05) is 11.9 Å². The van der Waals surface area contributed by atoms with Gasteiger partial charge in [0.05, 0.1) is 12.1 Å². The number of nitrogens with one attached hydrogen (secondary N) is 2. The number of amides is 2. The van der Waals surface area contributed by atoms with Gasteiger partial charge in [0.25, 0.3) is 11.8 Å². The molecule has 0 aromatic heterocycles. The maximum absolute atomic E-state index is 12.0. The van der Waals surface area contributed by atoms with Gasteiger partial charge in [0.2, 0.25) is 0 Å². The Labute approximate surface area is 140 Å². The summed E-state index contributed by atoms with van der Waals surface area (Å²) in [6.45, 7) is 5.93. The van der Waals surface area contributed by atoms with Crippen molar-refractivity contribution in [3.8, 4) is 5.75 Å². The molecule has 0 radical (unpaired) electrons. The quantitative estimate of drug-likeness (QED) is 0.769. The normalized spacial score (nSPS) is 17.3. The van der Waals surface area contributed by atoms with Gasteiger partial charge in [0, 0.05) is 6.54 Å². The zero-order chi connectivity index (χ0) is 17.7. The Morgan fingerprint density at radius 1 is 1.29 bits per heavy atom. The fourth-order valence-corrected chi connectivity index (χ4v) is 2.13. The van der Waals surface area contributed by atoms with Gasteiger partial charge in [-0.1, -0.05) is 26.0 Å². The molecule has 2 rings (SSSR count). The van der Waals surface area contributed by atoms with Gasteiger partial charge < -0.3 is 20.1 Å². The molecule has 0 fully saturated rings. The molecule has 0 saturated carbocycles. The summed E-state index contributed by atoms with van der Waals surface area (Å²) in [5, 5.41) is 5.36. The van der Waals surface area contributed by atoms with Crippen LogP contribution in [0.1, 0.15) is 27.2 Å². The SMILES string of the molecule is CC(C)CNC(=O)[C@@H](C)OC(=O)C[C@H]1Oc2ccccc2NC1=O. The van der Waals surface area contributed by atoms with Gasteiger partial charge in [0.1, 0.15) is 5.75 Å². The topological polar surface area (TPSA) is 93.7 Å². The maximum atomic E-state index is 12.0. The van der Waals surface area contributed by atoms with E-state index >= 15 is 0 Å². The second-order valence-corrected chi connectivity index (χ2v) is 6.07. The molecule has 2 amide bonds. The molecule has 2 atom stereocenters. The molecule has 2 N–H and O–H groups in total. The van der Waals surface area contributed by atoms with E-state index in [0.29, 0.717) is 23.9 Å². The van der Waals surface area contributed by atoms with Crippen molar-refractivity contribution in [1.82, 2.24) is 5.32 Å². The molecule has 0 aliphatic carbocycles. The summed E-state index contributed by atoms with van der Waals surface area (Å²) in [6.07, 6.45) is -2.16. The molecule has 130 valence electrons. The molecule has 24 heavy (non-hydrogen) atoms. The predicted octanol–water partition coefficient (Wildman–Crippen LogP) is 1.48. The lowest BCUT2D eigenvalue weighted by Crippen LogP contribution is -2.41. The first kappa shape index (κ1) is 17.8. The molecule has 1 aromatic rings. The number of hydrogen-bond acceptors (Lipinski definition) is 5. The highest BCUT2D eigenvalue weighted by Gasteiger charge is 2.31. The summed E-state index contributed by atoms with van der Waals surface area (Å²) in [4.78, 5) is 35.7. The van der Waals surface area contributed by atoms with Gasteiger partial charge >= 0.3 is 5.97 Å². The molecule has 7 nitrogen and oxygen atoms in total. The van der Waals surface area contributed by atoms with Crippen LogP contribution in [0, 0.1) is 5.92 Å². The molecule has 1 aliphatic heterocycles. The Morgan fingerprint density at radius 2 is 2.00 bits per heavy atom. The molecule has 0 spiro atoms. The van der Waals surface area contributed by atoms with Crippen LogP contribution in [-0.2, 0) is 19.1 Å². The second kappa shape index (κ2) is 7.81. The summed E-state index contributed by atoms with van der Waals surface area (Å²) in [7, 11) is 0. The van der Waals surface area contributed by atoms with Gasteiger partial charge in [-0.3, -0.25) is 14.4 Å². The van der Waals surface area contributed by atoms with Gasteiger partial charge in [-0.15, -0.1) is 0 Å². The lowest BCUT2D eigenvalue weighted by Gasteiger charge is -2.25. The average molecular weight is 334 g/mol. The van der Waals surface area contributed by atoms with Crippen LogP contribution >= 0.6 is 0 Å². The van der Waals surface area contributed by atoms with Crippen LogP contribution in [0.4, 0.5) is 5.69 Å². The van der Waals surface area contributed by atoms with Crippen molar-refractivity contribution >= 4 is 23.5 Å². The first-order valence-electron chi connectivity index (χ1n) is 7.90. The summed E-state index contributed by atoms with van der Waals surface area (Å²) in [6, 6.07) is 6.96. The zero-order valence-corrected chi connectivity index (χ0v) is 14.0. The minimum atomic E-state index is -0.974. The van der Waals surface area contributed by atoms with Crippen molar-refractivity contribution in [2.45, 2.75) is 39.4 Å². The zero-order valence-electron chi connectivity index (χ0n) is 14.0. The third-order valence-electron chi connectivity index (χ3n) is 3.42. The third kappa shape index (κ3) is 4.71. The number of carbonyl (C=O) groups excluding carboxylic acids is 3. The highest BCUT2D eigenvalue weighted by atomic mass is 16.6. The summed E-state index contributed by atoms with van der Waals surface area (Å²) < 4.78 is 10.6. The van der Waals surface area contributed by atoms with Crippen molar-refractivity contribution in [1.29, 1.82) is 0 Å². The number of para-hydroxylation sites is 2. The lowest BCUT2D eigenvalue weighted by molar-refractivity contribution is -0.157. The molecule has 1 aliphatic rings. The smallest absolute Gasteiger partial charge is 0.310 e. The van der Waals surface area contributed by atoms with E-state index in [1.54, 1.807) is 24.3 Å². The van der Waals surface area contributed by atoms with Crippen molar-refractivity contribution < 1.29 is 23.9 Å². The summed E-state index contributed by atoms with van der Waals surface area (Å²) in [5.41, 5.74) is 0.563. The molecule has 1 aromatic carbocycles. The van der Waals surface area contributed by atoms with Crippen LogP contribution in [0.3, 0.4) is 0 Å². The Kier molecular flexibility index (Phi) is 5.78. The van der Waals surface area contributed by atoms with Crippen LogP contribution in [0.2, 0.25) is 0 Å². The summed E-state index contributed by atoms with van der Waals surface area (Å²) in [5.74, 6) is -0.644. The number of anilines is 1. The first-order chi connectivity index (χ1) is 11.4. The van der Waals surface area contributed by atoms with Crippen molar-refractivity contribution in [2.24, 2.45) is 5.92 Å². The number of ether oxygens (including phenoxy) is 2.